The van der Waals surface area contributed by atoms with Crippen molar-refractivity contribution < 1.29 is 28.6 Å². The van der Waals surface area contributed by atoms with Crippen LogP contribution in [0.15, 0.2) is 102 Å². The molecule has 11 heteroatoms. The maximum absolute atomic E-state index is 13.5. The molecule has 0 fully saturated rings. The number of hydrogen-bond donors (Lipinski definition) is 3. The molecule has 0 aromatic heterocycles. The van der Waals surface area contributed by atoms with E-state index in [0.29, 0.717) is 44.8 Å². The number of carbonyl (C=O) groups excluding carboxylic acids is 3. The number of nitrogens with one attached hydrogen (secondary N) is 3. The lowest BCUT2D eigenvalue weighted by Crippen LogP contribution is -2.30. The minimum atomic E-state index is -0.543. The van der Waals surface area contributed by atoms with Crippen molar-refractivity contribution in [1.82, 2.24) is 5.32 Å². The molecule has 3 N–H and O–H groups in total. The third-order valence-electron chi connectivity index (χ3n) is 6.44. The van der Waals surface area contributed by atoms with Gasteiger partial charge in [0.05, 0.1) is 31.6 Å². The summed E-state index contributed by atoms with van der Waals surface area (Å²) in [6.45, 7) is 1.78. The summed E-state index contributed by atoms with van der Waals surface area (Å²) < 4.78 is 15.9. The number of amides is 3. The lowest BCUT2D eigenvalue weighted by atomic mass is 10.1. The fourth-order valence-electron chi connectivity index (χ4n) is 4.14. The molecule has 0 heterocycles. The number of carbonyl (C=O) groups is 3. The summed E-state index contributed by atoms with van der Waals surface area (Å²) in [6.07, 6.45) is 1.55. The standard InChI is InChI=1S/C34H32ClN3O6S/c1-21(32(39)36-25-14-16-29(42-2)27(35)20-25)45-26-12-8-11-24(19-26)37-34(41)28(38-33(40)23-9-6-5-7-10-23)17-22-13-15-30(43-3)31(18-22)44-4/h5-21H,1-4H3,(H,36,39)(H,37,41)(H,38,40)/b28-17+. The van der Waals surface area contributed by atoms with Crippen LogP contribution in [0.2, 0.25) is 5.02 Å². The highest BCUT2D eigenvalue weighted by Gasteiger charge is 2.18. The number of rotatable bonds is 12. The van der Waals surface area contributed by atoms with Crippen LogP contribution in [0.1, 0.15) is 22.8 Å². The van der Waals surface area contributed by atoms with Crippen LogP contribution in [0, 0.1) is 0 Å². The molecule has 0 bridgehead atoms. The Labute approximate surface area is 270 Å². The zero-order chi connectivity index (χ0) is 32.3. The Balaban J connectivity index is 1.50. The molecule has 232 valence electrons. The number of methoxy groups -OCH3 is 3. The molecular weight excluding hydrogens is 614 g/mol. The summed E-state index contributed by atoms with van der Waals surface area (Å²) in [5.74, 6) is 0.298. The first-order valence-corrected chi connectivity index (χ1v) is 15.0. The molecule has 0 saturated heterocycles. The van der Waals surface area contributed by atoms with Crippen LogP contribution in [-0.2, 0) is 9.59 Å². The lowest BCUT2D eigenvalue weighted by Gasteiger charge is -2.15. The summed E-state index contributed by atoms with van der Waals surface area (Å²) in [5, 5.41) is 8.35. The van der Waals surface area contributed by atoms with Gasteiger partial charge in [-0.15, -0.1) is 11.8 Å². The van der Waals surface area contributed by atoms with E-state index in [1.54, 1.807) is 97.9 Å². The summed E-state index contributed by atoms with van der Waals surface area (Å²) in [5.41, 5.74) is 2.04. The molecule has 1 atom stereocenters. The fourth-order valence-corrected chi connectivity index (χ4v) is 5.33. The van der Waals surface area contributed by atoms with E-state index in [9.17, 15) is 14.4 Å². The van der Waals surface area contributed by atoms with Crippen molar-refractivity contribution in [3.8, 4) is 17.2 Å². The quantitative estimate of drug-likeness (QED) is 0.113. The van der Waals surface area contributed by atoms with Crippen LogP contribution in [0.5, 0.6) is 17.2 Å². The third-order valence-corrected chi connectivity index (χ3v) is 7.83. The first kappa shape index (κ1) is 33.0. The summed E-state index contributed by atoms with van der Waals surface area (Å²) in [6, 6.07) is 25.8. The SMILES string of the molecule is COc1ccc(NC(=O)C(C)Sc2cccc(NC(=O)/C(=C\c3ccc(OC)c(OC)c3)NC(=O)c3ccccc3)c2)cc1Cl. The van der Waals surface area contributed by atoms with Crippen molar-refractivity contribution in [3.05, 3.63) is 113 Å². The Morgan fingerprint density at radius 2 is 1.44 bits per heavy atom. The molecule has 0 spiro atoms. The average Bonchev–Trinajstić information content (AvgIpc) is 3.04. The first-order valence-electron chi connectivity index (χ1n) is 13.7. The fraction of sp³-hybridized carbons (Fsp3) is 0.147. The second-order valence-corrected chi connectivity index (χ2v) is 11.4. The Morgan fingerprint density at radius 1 is 0.756 bits per heavy atom. The van der Waals surface area contributed by atoms with E-state index in [1.165, 1.54) is 33.1 Å². The van der Waals surface area contributed by atoms with E-state index in [-0.39, 0.29) is 11.6 Å². The second kappa shape index (κ2) is 15.7. The van der Waals surface area contributed by atoms with Gasteiger partial charge in [-0.05, 0) is 79.2 Å². The normalized spacial score (nSPS) is 11.6. The molecule has 4 rings (SSSR count). The van der Waals surface area contributed by atoms with Gasteiger partial charge in [0.15, 0.2) is 11.5 Å². The largest absolute Gasteiger partial charge is 0.495 e. The predicted molar refractivity (Wildman–Crippen MR) is 178 cm³/mol. The van der Waals surface area contributed by atoms with Crippen LogP contribution in [0.4, 0.5) is 11.4 Å². The molecule has 4 aromatic rings. The number of anilines is 2. The monoisotopic (exact) mass is 645 g/mol. The smallest absolute Gasteiger partial charge is 0.272 e. The summed E-state index contributed by atoms with van der Waals surface area (Å²) in [4.78, 5) is 40.2. The van der Waals surface area contributed by atoms with Gasteiger partial charge in [-0.2, -0.15) is 0 Å². The minimum Gasteiger partial charge on any atom is -0.495 e. The Kier molecular flexibility index (Phi) is 11.5. The molecule has 4 aromatic carbocycles. The molecular formula is C34H32ClN3O6S. The molecule has 9 nitrogen and oxygen atoms in total. The van der Waals surface area contributed by atoms with Gasteiger partial charge < -0.3 is 30.2 Å². The van der Waals surface area contributed by atoms with Crippen LogP contribution in [0.3, 0.4) is 0 Å². The molecule has 0 radical (unpaired) electrons. The molecule has 0 aliphatic rings. The molecule has 0 saturated carbocycles. The highest BCUT2D eigenvalue weighted by atomic mass is 35.5. The molecule has 3 amide bonds. The lowest BCUT2D eigenvalue weighted by molar-refractivity contribution is -0.115. The van der Waals surface area contributed by atoms with Crippen LogP contribution in [-0.4, -0.2) is 44.3 Å². The summed E-state index contributed by atoms with van der Waals surface area (Å²) >= 11 is 7.50. The number of halogens is 1. The minimum absolute atomic E-state index is 0.0139. The van der Waals surface area contributed by atoms with Crippen molar-refractivity contribution in [3.63, 3.8) is 0 Å². The van der Waals surface area contributed by atoms with Gasteiger partial charge >= 0.3 is 0 Å². The Morgan fingerprint density at radius 3 is 2.13 bits per heavy atom. The van der Waals surface area contributed by atoms with E-state index >= 15 is 0 Å². The molecule has 45 heavy (non-hydrogen) atoms. The van der Waals surface area contributed by atoms with Gasteiger partial charge in [0.2, 0.25) is 5.91 Å². The van der Waals surface area contributed by atoms with E-state index in [4.69, 9.17) is 25.8 Å². The van der Waals surface area contributed by atoms with Crippen LogP contribution >= 0.6 is 23.4 Å². The number of ether oxygens (including phenoxy) is 3. The van der Waals surface area contributed by atoms with E-state index in [2.05, 4.69) is 16.0 Å². The molecule has 0 aliphatic heterocycles. The average molecular weight is 646 g/mol. The van der Waals surface area contributed by atoms with Gasteiger partial charge in [0, 0.05) is 21.8 Å². The van der Waals surface area contributed by atoms with E-state index in [1.807, 2.05) is 6.07 Å². The van der Waals surface area contributed by atoms with Crippen molar-refractivity contribution in [2.75, 3.05) is 32.0 Å². The highest BCUT2D eigenvalue weighted by Crippen LogP contribution is 2.31. The van der Waals surface area contributed by atoms with Crippen LogP contribution in [0.25, 0.3) is 6.08 Å². The molecule has 1 unspecified atom stereocenters. The topological polar surface area (TPSA) is 115 Å². The van der Waals surface area contributed by atoms with Gasteiger partial charge in [-0.3, -0.25) is 14.4 Å². The van der Waals surface area contributed by atoms with E-state index < -0.39 is 17.1 Å². The van der Waals surface area contributed by atoms with Crippen LogP contribution < -0.4 is 30.2 Å². The number of benzene rings is 4. The second-order valence-electron chi connectivity index (χ2n) is 9.57. The zero-order valence-corrected chi connectivity index (χ0v) is 26.6. The van der Waals surface area contributed by atoms with Crippen molar-refractivity contribution in [2.24, 2.45) is 0 Å². The van der Waals surface area contributed by atoms with Crippen molar-refractivity contribution in [1.29, 1.82) is 0 Å². The van der Waals surface area contributed by atoms with Crippen molar-refractivity contribution >= 4 is 58.5 Å². The first-order chi connectivity index (χ1) is 21.7. The maximum Gasteiger partial charge on any atom is 0.272 e. The number of hydrogen-bond acceptors (Lipinski definition) is 7. The van der Waals surface area contributed by atoms with Gasteiger partial charge in [0.1, 0.15) is 11.4 Å². The van der Waals surface area contributed by atoms with Gasteiger partial charge in [0.25, 0.3) is 11.8 Å². The Bertz CT molecular complexity index is 1710. The predicted octanol–water partition coefficient (Wildman–Crippen LogP) is 6.89. The molecule has 0 aliphatic carbocycles. The number of thioether (sulfide) groups is 1. The van der Waals surface area contributed by atoms with E-state index in [0.717, 1.165) is 4.90 Å². The highest BCUT2D eigenvalue weighted by molar-refractivity contribution is 8.00. The third kappa shape index (κ3) is 9.04. The zero-order valence-electron chi connectivity index (χ0n) is 25.1. The summed E-state index contributed by atoms with van der Waals surface area (Å²) in [7, 11) is 4.56. The van der Waals surface area contributed by atoms with Gasteiger partial charge in [-0.25, -0.2) is 0 Å². The van der Waals surface area contributed by atoms with Crippen molar-refractivity contribution in [2.45, 2.75) is 17.1 Å². The Hall–Kier alpha value is -4.93. The maximum atomic E-state index is 13.5. The van der Waals surface area contributed by atoms with Gasteiger partial charge in [-0.1, -0.05) is 41.9 Å².